The van der Waals surface area contributed by atoms with Gasteiger partial charge in [-0.2, -0.15) is 0 Å². The molecule has 1 aliphatic rings. The summed E-state index contributed by atoms with van der Waals surface area (Å²) in [5.41, 5.74) is 0. The quantitative estimate of drug-likeness (QED) is 0.237. The molecule has 4 rings (SSSR count). The maximum atomic E-state index is 10.0. The highest BCUT2D eigenvalue weighted by atomic mass is 16.2. The molecule has 0 aliphatic heterocycles. The van der Waals surface area contributed by atoms with Crippen LogP contribution in [0.2, 0.25) is 0 Å². The second-order valence-corrected chi connectivity index (χ2v) is 12.7. The van der Waals surface area contributed by atoms with Crippen molar-refractivity contribution in [2.24, 2.45) is 0 Å². The summed E-state index contributed by atoms with van der Waals surface area (Å²) in [7, 11) is 0. The summed E-state index contributed by atoms with van der Waals surface area (Å²) < 4.78 is 0. The van der Waals surface area contributed by atoms with Crippen molar-refractivity contribution in [2.45, 2.75) is 142 Å². The van der Waals surface area contributed by atoms with Crippen LogP contribution in [0.5, 0.6) is 0 Å². The molecule has 8 nitrogen and oxygen atoms in total. The normalized spacial score (nSPS) is 9.55. The molecule has 0 radical (unpaired) electrons. The molecular formula is C45H70O8. The zero-order valence-electron chi connectivity index (χ0n) is 35.3. The second kappa shape index (κ2) is 47.3. The van der Waals surface area contributed by atoms with Crippen molar-refractivity contribution in [2.75, 3.05) is 0 Å². The van der Waals surface area contributed by atoms with E-state index in [-0.39, 0.29) is 52.7 Å². The van der Waals surface area contributed by atoms with Gasteiger partial charge in [-0.05, 0) is 108 Å². The van der Waals surface area contributed by atoms with E-state index >= 15 is 0 Å². The standard InChI is InChI=1S/C10H8.C6H12.C6H6.C5H8O2.6C3H6O/c1-2-6-10-8-4-3-7-9(10)5-1;2*1-2-4-6-5-3-1;1-4(6)3-5(2)7;6*1-3(2)4/h1-8H;1-6H2;1-6H;3H2,1-2H3;6*1-2H3. The van der Waals surface area contributed by atoms with E-state index in [2.05, 4.69) is 48.5 Å². The molecule has 1 fully saturated rings. The fourth-order valence-electron chi connectivity index (χ4n) is 2.93. The molecule has 0 atom stereocenters. The number of Topliss-reactive ketones (excluding diaryl/α,β-unsaturated/α-hetero) is 8. The minimum absolute atomic E-state index is 0.0625. The van der Waals surface area contributed by atoms with Crippen LogP contribution in [0.25, 0.3) is 10.8 Å². The van der Waals surface area contributed by atoms with E-state index < -0.39 is 0 Å². The summed E-state index contributed by atoms with van der Waals surface area (Å²) in [6, 6.07) is 28.7. The van der Waals surface area contributed by atoms with Crippen LogP contribution in [0.15, 0.2) is 84.9 Å². The number of carbonyl (C=O) groups is 8. The van der Waals surface area contributed by atoms with Crippen molar-refractivity contribution < 1.29 is 38.4 Å². The van der Waals surface area contributed by atoms with Crippen molar-refractivity contribution in [1.82, 2.24) is 0 Å². The lowest BCUT2D eigenvalue weighted by atomic mass is 10.0. The van der Waals surface area contributed by atoms with Gasteiger partial charge in [0.2, 0.25) is 0 Å². The number of benzene rings is 3. The van der Waals surface area contributed by atoms with Gasteiger partial charge in [-0.15, -0.1) is 0 Å². The number of rotatable bonds is 2. The number of hydrogen-bond acceptors (Lipinski definition) is 8. The molecule has 8 heteroatoms. The Hall–Kier alpha value is -4.72. The van der Waals surface area contributed by atoms with Gasteiger partial charge in [0, 0.05) is 0 Å². The first-order valence-corrected chi connectivity index (χ1v) is 17.7. The molecule has 0 saturated heterocycles. The predicted octanol–water partition coefficient (Wildman–Crippen LogP) is 11.0. The molecule has 0 N–H and O–H groups in total. The van der Waals surface area contributed by atoms with Crippen LogP contribution < -0.4 is 0 Å². The Morgan fingerprint density at radius 2 is 0.434 bits per heavy atom. The molecule has 0 aromatic heterocycles. The van der Waals surface area contributed by atoms with Gasteiger partial charge in [0.05, 0.1) is 6.42 Å². The molecule has 298 valence electrons. The van der Waals surface area contributed by atoms with Crippen LogP contribution in [0.3, 0.4) is 0 Å². The van der Waals surface area contributed by atoms with Crippen molar-refractivity contribution in [3.63, 3.8) is 0 Å². The molecule has 0 amide bonds. The van der Waals surface area contributed by atoms with E-state index in [9.17, 15) is 38.4 Å². The van der Waals surface area contributed by atoms with Gasteiger partial charge in [0.25, 0.3) is 0 Å². The number of hydrogen-bond donors (Lipinski definition) is 0. The minimum Gasteiger partial charge on any atom is -0.300 e. The molecule has 1 saturated carbocycles. The Morgan fingerprint density at radius 3 is 0.528 bits per heavy atom. The highest BCUT2D eigenvalue weighted by Gasteiger charge is 1.96. The van der Waals surface area contributed by atoms with E-state index in [0.29, 0.717) is 0 Å². The summed E-state index contributed by atoms with van der Waals surface area (Å²) >= 11 is 0. The van der Waals surface area contributed by atoms with E-state index in [1.165, 1.54) is 146 Å². The Balaban J connectivity index is -0.000000119. The molecule has 3 aromatic rings. The molecule has 1 aliphatic carbocycles. The van der Waals surface area contributed by atoms with Crippen LogP contribution in [-0.4, -0.2) is 46.3 Å². The summed E-state index contributed by atoms with van der Waals surface area (Å²) in [4.78, 5) is 76.7. The maximum absolute atomic E-state index is 10.0. The lowest BCUT2D eigenvalue weighted by Gasteiger charge is -2.05. The van der Waals surface area contributed by atoms with Gasteiger partial charge < -0.3 is 28.8 Å². The van der Waals surface area contributed by atoms with E-state index in [1.807, 2.05) is 36.4 Å². The topological polar surface area (TPSA) is 137 Å². The first-order chi connectivity index (χ1) is 24.5. The monoisotopic (exact) mass is 739 g/mol. The Kier molecular flexibility index (Phi) is 53.9. The smallest absolute Gasteiger partial charge is 0.137 e. The van der Waals surface area contributed by atoms with Gasteiger partial charge in [-0.3, -0.25) is 9.59 Å². The van der Waals surface area contributed by atoms with Crippen LogP contribution >= 0.6 is 0 Å². The zero-order chi connectivity index (χ0) is 42.6. The minimum atomic E-state index is -0.0625. The SMILES string of the molecule is C1CCCCC1.CC(=O)CC(C)=O.CC(C)=O.CC(C)=O.CC(C)=O.CC(C)=O.CC(C)=O.CC(C)=O.c1ccc2ccccc2c1.c1ccccc1. The van der Waals surface area contributed by atoms with Crippen molar-refractivity contribution in [3.05, 3.63) is 84.9 Å². The first-order valence-electron chi connectivity index (χ1n) is 17.7. The van der Waals surface area contributed by atoms with Crippen molar-refractivity contribution >= 4 is 57.0 Å². The van der Waals surface area contributed by atoms with Crippen molar-refractivity contribution in [1.29, 1.82) is 0 Å². The lowest BCUT2D eigenvalue weighted by molar-refractivity contribution is -0.125. The average molecular weight is 739 g/mol. The second-order valence-electron chi connectivity index (χ2n) is 12.7. The van der Waals surface area contributed by atoms with Gasteiger partial charge in [-0.25, -0.2) is 0 Å². The largest absolute Gasteiger partial charge is 0.300 e. The van der Waals surface area contributed by atoms with Crippen LogP contribution in [0.4, 0.5) is 0 Å². The van der Waals surface area contributed by atoms with E-state index in [4.69, 9.17) is 0 Å². The summed E-state index contributed by atoms with van der Waals surface area (Å²) in [6.07, 6.45) is 9.08. The number of fused-ring (bicyclic) bond motifs is 1. The van der Waals surface area contributed by atoms with Crippen LogP contribution in [0.1, 0.15) is 142 Å². The highest BCUT2D eigenvalue weighted by Crippen LogP contribution is 2.15. The predicted molar refractivity (Wildman–Crippen MR) is 222 cm³/mol. The lowest BCUT2D eigenvalue weighted by Crippen LogP contribution is -1.97. The van der Waals surface area contributed by atoms with Crippen LogP contribution in [-0.2, 0) is 38.4 Å². The van der Waals surface area contributed by atoms with Gasteiger partial charge in [0.15, 0.2) is 0 Å². The molecule has 0 unspecified atom stereocenters. The summed E-state index contributed by atoms with van der Waals surface area (Å²) in [6.45, 7) is 21.1. The van der Waals surface area contributed by atoms with Gasteiger partial charge in [-0.1, -0.05) is 123 Å². The summed E-state index contributed by atoms with van der Waals surface area (Å²) in [5, 5.41) is 2.62. The Labute approximate surface area is 321 Å². The van der Waals surface area contributed by atoms with Gasteiger partial charge >= 0.3 is 0 Å². The highest BCUT2D eigenvalue weighted by molar-refractivity contribution is 5.96. The average Bonchev–Trinajstić information content (AvgIpc) is 3.02. The van der Waals surface area contributed by atoms with Crippen LogP contribution in [0, 0.1) is 0 Å². The van der Waals surface area contributed by atoms with Gasteiger partial charge in [0.1, 0.15) is 46.3 Å². The zero-order valence-corrected chi connectivity index (χ0v) is 35.3. The molecular weight excluding hydrogens is 668 g/mol. The summed E-state index contributed by atoms with van der Waals surface area (Å²) in [5.74, 6) is 0.875. The van der Waals surface area contributed by atoms with E-state index in [0.717, 1.165) is 0 Å². The first kappa shape index (κ1) is 60.4. The number of carbonyl (C=O) groups excluding carboxylic acids is 8. The fourth-order valence-corrected chi connectivity index (χ4v) is 2.93. The third-order valence-corrected chi connectivity index (χ3v) is 4.32. The molecule has 53 heavy (non-hydrogen) atoms. The fraction of sp³-hybridized carbons (Fsp3) is 0.467. The van der Waals surface area contributed by atoms with E-state index in [1.54, 1.807) is 0 Å². The number of ketones is 8. The van der Waals surface area contributed by atoms with Crippen molar-refractivity contribution in [3.8, 4) is 0 Å². The molecule has 0 spiro atoms. The Morgan fingerprint density at radius 1 is 0.302 bits per heavy atom. The third-order valence-electron chi connectivity index (χ3n) is 4.32. The molecule has 0 bridgehead atoms. The maximum Gasteiger partial charge on any atom is 0.137 e. The Bertz CT molecular complexity index is 1140. The molecule has 0 heterocycles. The third kappa shape index (κ3) is 113. The molecule has 3 aromatic carbocycles.